The van der Waals surface area contributed by atoms with Crippen LogP contribution in [0.3, 0.4) is 0 Å². The monoisotopic (exact) mass is 373 g/mol. The number of amides is 2. The van der Waals surface area contributed by atoms with Gasteiger partial charge in [-0.05, 0) is 32.6 Å². The van der Waals surface area contributed by atoms with Gasteiger partial charge in [0.05, 0.1) is 18.6 Å². The average molecular weight is 373 g/mol. The number of hydrogen-bond donors (Lipinski definition) is 4. The molecule has 0 bridgehead atoms. The van der Waals surface area contributed by atoms with E-state index in [0.717, 1.165) is 44.9 Å². The Balaban J connectivity index is 2.83. The van der Waals surface area contributed by atoms with Crippen molar-refractivity contribution in [3.05, 3.63) is 0 Å². The van der Waals surface area contributed by atoms with Crippen LogP contribution in [-0.4, -0.2) is 48.9 Å². The molecule has 4 N–H and O–H groups in total. The van der Waals surface area contributed by atoms with Crippen molar-refractivity contribution < 1.29 is 24.4 Å². The number of hydrogen-bond acceptors (Lipinski definition) is 6. The molecular formula is C18H35N3O5. The lowest BCUT2D eigenvalue weighted by atomic mass is 9.93. The van der Waals surface area contributed by atoms with Gasteiger partial charge in [-0.15, -0.1) is 0 Å². The van der Waals surface area contributed by atoms with Gasteiger partial charge in [-0.1, -0.05) is 38.3 Å². The fourth-order valence-electron chi connectivity index (χ4n) is 3.14. The molecule has 3 atom stereocenters. The van der Waals surface area contributed by atoms with E-state index in [-0.39, 0.29) is 31.1 Å². The van der Waals surface area contributed by atoms with Crippen molar-refractivity contribution in [2.24, 2.45) is 5.92 Å². The van der Waals surface area contributed by atoms with Crippen LogP contribution in [0.15, 0.2) is 0 Å². The third kappa shape index (κ3) is 9.47. The standard InChI is InChI=1S/C18H35N3O5/c1-3-4-5-6-10-15-16(12-26-21-24)25-13-17(22)19-11-8-7-9-14(2)20-18(15)23/h14-16,21,24H,3-13H2,1-2H3,(H,19,22)(H,20,23)/t14-,15-,16?/m1/s1. The Hall–Kier alpha value is -1.22. The summed E-state index contributed by atoms with van der Waals surface area (Å²) in [6, 6.07) is 0.0645. The van der Waals surface area contributed by atoms with E-state index in [0.29, 0.717) is 13.0 Å². The number of ether oxygens (including phenoxy) is 1. The van der Waals surface area contributed by atoms with Gasteiger partial charge < -0.3 is 15.4 Å². The molecule has 0 aromatic rings. The molecule has 0 aromatic heterocycles. The molecule has 152 valence electrons. The number of carbonyl (C=O) groups is 2. The Morgan fingerprint density at radius 1 is 1.27 bits per heavy atom. The second kappa shape index (κ2) is 13.9. The summed E-state index contributed by atoms with van der Waals surface area (Å²) in [7, 11) is 0. The predicted molar refractivity (Wildman–Crippen MR) is 97.3 cm³/mol. The Bertz CT molecular complexity index is 408. The number of rotatable bonds is 8. The summed E-state index contributed by atoms with van der Waals surface area (Å²) in [6.07, 6.45) is 6.89. The van der Waals surface area contributed by atoms with E-state index < -0.39 is 12.0 Å². The van der Waals surface area contributed by atoms with Crippen molar-refractivity contribution >= 4 is 11.8 Å². The fraction of sp³-hybridized carbons (Fsp3) is 0.889. The third-order valence-electron chi connectivity index (χ3n) is 4.67. The molecule has 0 aliphatic carbocycles. The minimum absolute atomic E-state index is 0.0238. The van der Waals surface area contributed by atoms with Crippen molar-refractivity contribution in [3.8, 4) is 0 Å². The van der Waals surface area contributed by atoms with E-state index in [2.05, 4.69) is 17.6 Å². The van der Waals surface area contributed by atoms with Gasteiger partial charge in [0.15, 0.2) is 0 Å². The molecule has 8 nitrogen and oxygen atoms in total. The van der Waals surface area contributed by atoms with Crippen molar-refractivity contribution in [2.45, 2.75) is 77.4 Å². The first-order valence-corrected chi connectivity index (χ1v) is 9.78. The molecular weight excluding hydrogens is 338 g/mol. The zero-order valence-electron chi connectivity index (χ0n) is 16.1. The second-order valence-corrected chi connectivity index (χ2v) is 6.96. The summed E-state index contributed by atoms with van der Waals surface area (Å²) in [5.41, 5.74) is 1.63. The quantitative estimate of drug-likeness (QED) is 0.381. The molecule has 0 aromatic carbocycles. The number of unbranched alkanes of at least 4 members (excludes halogenated alkanes) is 3. The summed E-state index contributed by atoms with van der Waals surface area (Å²) in [6.45, 7) is 4.57. The molecule has 1 unspecified atom stereocenters. The van der Waals surface area contributed by atoms with Crippen molar-refractivity contribution in [1.29, 1.82) is 0 Å². The van der Waals surface area contributed by atoms with Gasteiger partial charge in [-0.2, -0.15) is 0 Å². The number of carbonyl (C=O) groups excluding carboxylic acids is 2. The minimum Gasteiger partial charge on any atom is -0.365 e. The molecule has 0 spiro atoms. The molecule has 1 fully saturated rings. The zero-order chi connectivity index (χ0) is 19.2. The van der Waals surface area contributed by atoms with Crippen LogP contribution in [0.5, 0.6) is 0 Å². The van der Waals surface area contributed by atoms with E-state index >= 15 is 0 Å². The summed E-state index contributed by atoms with van der Waals surface area (Å²) in [5, 5.41) is 14.6. The first kappa shape index (κ1) is 22.8. The Morgan fingerprint density at radius 2 is 2.08 bits per heavy atom. The van der Waals surface area contributed by atoms with Crippen molar-refractivity contribution in [1.82, 2.24) is 16.3 Å². The SMILES string of the molecule is CCCCCC[C@H]1C(=O)N[C@H](C)CCCCNC(=O)COC1CONO. The fourth-order valence-corrected chi connectivity index (χ4v) is 3.14. The Morgan fingerprint density at radius 3 is 2.81 bits per heavy atom. The van der Waals surface area contributed by atoms with Gasteiger partial charge in [0.2, 0.25) is 11.8 Å². The van der Waals surface area contributed by atoms with Gasteiger partial charge in [0.25, 0.3) is 0 Å². The van der Waals surface area contributed by atoms with Crippen LogP contribution in [-0.2, 0) is 19.2 Å². The topological polar surface area (TPSA) is 109 Å². The first-order chi connectivity index (χ1) is 12.6. The van der Waals surface area contributed by atoms with Crippen LogP contribution in [0.4, 0.5) is 0 Å². The highest BCUT2D eigenvalue weighted by Gasteiger charge is 2.30. The Kier molecular flexibility index (Phi) is 12.2. The maximum atomic E-state index is 12.8. The van der Waals surface area contributed by atoms with Crippen LogP contribution in [0.25, 0.3) is 0 Å². The smallest absolute Gasteiger partial charge is 0.246 e. The first-order valence-electron chi connectivity index (χ1n) is 9.78. The average Bonchev–Trinajstić information content (AvgIpc) is 2.62. The lowest BCUT2D eigenvalue weighted by Gasteiger charge is -2.27. The number of nitrogens with one attached hydrogen (secondary N) is 3. The summed E-state index contributed by atoms with van der Waals surface area (Å²) < 4.78 is 5.70. The van der Waals surface area contributed by atoms with E-state index in [1.165, 1.54) is 0 Å². The van der Waals surface area contributed by atoms with Gasteiger partial charge >= 0.3 is 0 Å². The molecule has 26 heavy (non-hydrogen) atoms. The maximum Gasteiger partial charge on any atom is 0.246 e. The summed E-state index contributed by atoms with van der Waals surface area (Å²) in [5.74, 6) is -0.721. The Labute approximate surface area is 156 Å². The molecule has 0 radical (unpaired) electrons. The van der Waals surface area contributed by atoms with E-state index in [1.54, 1.807) is 5.64 Å². The molecule has 1 aliphatic heterocycles. The molecule has 1 saturated heterocycles. The molecule has 8 heteroatoms. The van der Waals surface area contributed by atoms with Crippen LogP contribution < -0.4 is 16.3 Å². The lowest BCUT2D eigenvalue weighted by Crippen LogP contribution is -2.45. The van der Waals surface area contributed by atoms with Gasteiger partial charge in [-0.3, -0.25) is 19.6 Å². The maximum absolute atomic E-state index is 12.8. The van der Waals surface area contributed by atoms with E-state index in [4.69, 9.17) is 14.8 Å². The van der Waals surface area contributed by atoms with Crippen LogP contribution in [0, 0.1) is 5.92 Å². The minimum atomic E-state index is -0.616. The predicted octanol–water partition coefficient (Wildman–Crippen LogP) is 1.67. The van der Waals surface area contributed by atoms with Crippen LogP contribution in [0.1, 0.15) is 65.2 Å². The molecule has 1 rings (SSSR count). The molecule has 1 aliphatic rings. The highest BCUT2D eigenvalue weighted by Crippen LogP contribution is 2.19. The zero-order valence-corrected chi connectivity index (χ0v) is 16.1. The van der Waals surface area contributed by atoms with Gasteiger partial charge in [-0.25, -0.2) is 0 Å². The highest BCUT2D eigenvalue weighted by molar-refractivity contribution is 5.80. The van der Waals surface area contributed by atoms with Crippen molar-refractivity contribution in [3.63, 3.8) is 0 Å². The lowest BCUT2D eigenvalue weighted by molar-refractivity contribution is -0.169. The molecule has 2 amide bonds. The molecule has 0 saturated carbocycles. The normalized spacial score (nSPS) is 26.2. The van der Waals surface area contributed by atoms with Crippen LogP contribution in [0.2, 0.25) is 0 Å². The largest absolute Gasteiger partial charge is 0.365 e. The summed E-state index contributed by atoms with van der Waals surface area (Å²) in [4.78, 5) is 29.6. The van der Waals surface area contributed by atoms with Gasteiger partial charge in [0, 0.05) is 12.6 Å². The molecule has 1 heterocycles. The highest BCUT2D eigenvalue weighted by atomic mass is 16.8. The van der Waals surface area contributed by atoms with Crippen LogP contribution >= 0.6 is 0 Å². The van der Waals surface area contributed by atoms with Crippen molar-refractivity contribution in [2.75, 3.05) is 19.8 Å². The van der Waals surface area contributed by atoms with Gasteiger partial charge in [0.1, 0.15) is 6.61 Å². The summed E-state index contributed by atoms with van der Waals surface area (Å²) >= 11 is 0. The van der Waals surface area contributed by atoms with E-state index in [1.807, 2.05) is 6.92 Å². The second-order valence-electron chi connectivity index (χ2n) is 6.96. The third-order valence-corrected chi connectivity index (χ3v) is 4.67. The van der Waals surface area contributed by atoms with E-state index in [9.17, 15) is 9.59 Å².